The van der Waals surface area contributed by atoms with Crippen molar-refractivity contribution in [1.82, 2.24) is 4.57 Å². The number of hydrogen-bond acceptors (Lipinski definition) is 5. The van der Waals surface area contributed by atoms with Crippen LogP contribution in [0.15, 0.2) is 54.6 Å². The predicted molar refractivity (Wildman–Crippen MR) is 111 cm³/mol. The van der Waals surface area contributed by atoms with Gasteiger partial charge >= 0.3 is 0 Å². The lowest BCUT2D eigenvalue weighted by Gasteiger charge is -2.27. The summed E-state index contributed by atoms with van der Waals surface area (Å²) in [4.78, 5) is 12.7. The molecule has 0 N–H and O–H groups in total. The van der Waals surface area contributed by atoms with Gasteiger partial charge in [-0.25, -0.2) is 0 Å². The molecule has 1 aromatic heterocycles. The Morgan fingerprint density at radius 1 is 1.17 bits per heavy atom. The summed E-state index contributed by atoms with van der Waals surface area (Å²) < 4.78 is 19.5. The van der Waals surface area contributed by atoms with Crippen LogP contribution in [0.1, 0.15) is 27.3 Å². The van der Waals surface area contributed by atoms with Gasteiger partial charge in [0, 0.05) is 17.0 Å². The third kappa shape index (κ3) is 4.01. The maximum absolute atomic E-state index is 12.7. The van der Waals surface area contributed by atoms with Gasteiger partial charge in [-0.2, -0.15) is 5.26 Å². The molecule has 152 valence electrons. The average molecular weight is 402 g/mol. The van der Waals surface area contributed by atoms with Crippen LogP contribution in [0.2, 0.25) is 0 Å². The molecule has 6 heteroatoms. The minimum atomic E-state index is -0.137. The molecule has 6 nitrogen and oxygen atoms in total. The average Bonchev–Trinajstić information content (AvgIpc) is 3.06. The van der Waals surface area contributed by atoms with Gasteiger partial charge in [-0.1, -0.05) is 12.1 Å². The van der Waals surface area contributed by atoms with E-state index in [2.05, 4.69) is 10.6 Å². The van der Waals surface area contributed by atoms with Crippen molar-refractivity contribution < 1.29 is 19.0 Å². The van der Waals surface area contributed by atoms with E-state index in [1.807, 2.05) is 44.2 Å². The first-order valence-electron chi connectivity index (χ1n) is 9.76. The van der Waals surface area contributed by atoms with Crippen LogP contribution < -0.4 is 14.2 Å². The van der Waals surface area contributed by atoms with Crippen molar-refractivity contribution in [3.8, 4) is 23.3 Å². The number of aromatic nitrogens is 1. The zero-order valence-corrected chi connectivity index (χ0v) is 16.9. The molecular weight excluding hydrogens is 380 g/mol. The van der Waals surface area contributed by atoms with Crippen LogP contribution in [-0.4, -0.2) is 29.7 Å². The highest BCUT2D eigenvalue weighted by atomic mass is 16.6. The molecule has 1 aliphatic heterocycles. The molecule has 0 amide bonds. The summed E-state index contributed by atoms with van der Waals surface area (Å²) in [6.45, 7) is 4.89. The first kappa shape index (κ1) is 19.6. The van der Waals surface area contributed by atoms with Crippen molar-refractivity contribution in [3.63, 3.8) is 0 Å². The number of ether oxygens (including phenoxy) is 3. The maximum atomic E-state index is 12.7. The van der Waals surface area contributed by atoms with Gasteiger partial charge in [-0.15, -0.1) is 0 Å². The first-order chi connectivity index (χ1) is 14.5. The van der Waals surface area contributed by atoms with E-state index in [0.29, 0.717) is 30.0 Å². The van der Waals surface area contributed by atoms with Crippen LogP contribution in [-0.2, 0) is 6.54 Å². The van der Waals surface area contributed by atoms with Crippen LogP contribution in [0.3, 0.4) is 0 Å². The summed E-state index contributed by atoms with van der Waals surface area (Å²) in [7, 11) is 0. The third-order valence-electron chi connectivity index (χ3n) is 5.18. The lowest BCUT2D eigenvalue weighted by Crippen LogP contribution is -2.33. The number of benzene rings is 2. The first-order valence-corrected chi connectivity index (χ1v) is 9.76. The Morgan fingerprint density at radius 2 is 1.90 bits per heavy atom. The molecule has 0 saturated carbocycles. The lowest BCUT2D eigenvalue weighted by atomic mass is 10.1. The molecule has 0 radical (unpaired) electrons. The number of hydrogen-bond donors (Lipinski definition) is 0. The van der Waals surface area contributed by atoms with Crippen LogP contribution in [0.4, 0.5) is 0 Å². The summed E-state index contributed by atoms with van der Waals surface area (Å²) in [5.74, 6) is 1.96. The largest absolute Gasteiger partial charge is 0.486 e. The number of ketones is 1. The zero-order valence-electron chi connectivity index (χ0n) is 16.9. The quantitative estimate of drug-likeness (QED) is 0.581. The van der Waals surface area contributed by atoms with E-state index >= 15 is 0 Å². The zero-order chi connectivity index (χ0) is 21.1. The molecule has 2 heterocycles. The summed E-state index contributed by atoms with van der Waals surface area (Å²) >= 11 is 0. The van der Waals surface area contributed by atoms with Gasteiger partial charge in [-0.3, -0.25) is 4.79 Å². The Labute approximate surface area is 175 Å². The maximum Gasteiger partial charge on any atom is 0.202 e. The molecule has 0 saturated heterocycles. The second kappa shape index (κ2) is 8.34. The molecule has 2 aromatic carbocycles. The SMILES string of the molecule is Cc1cc(C(=O)COc2ccc(C#N)cc2)c(C)n1C[C@H]1COc2ccccc2O1. The number of para-hydroxylation sites is 2. The molecule has 30 heavy (non-hydrogen) atoms. The second-order valence-electron chi connectivity index (χ2n) is 7.24. The lowest BCUT2D eigenvalue weighted by molar-refractivity contribution is 0.0777. The molecule has 0 spiro atoms. The fraction of sp³-hybridized carbons (Fsp3) is 0.250. The number of nitrogens with zero attached hydrogens (tertiary/aromatic N) is 2. The molecule has 1 aliphatic rings. The number of rotatable bonds is 6. The van der Waals surface area contributed by atoms with Gasteiger partial charge in [0.25, 0.3) is 0 Å². The molecule has 0 aliphatic carbocycles. The van der Waals surface area contributed by atoms with Crippen molar-refractivity contribution in [2.75, 3.05) is 13.2 Å². The topological polar surface area (TPSA) is 73.5 Å². The number of aryl methyl sites for hydroxylation is 1. The Hall–Kier alpha value is -3.72. The highest BCUT2D eigenvalue weighted by molar-refractivity contribution is 5.98. The van der Waals surface area contributed by atoms with Crippen LogP contribution in [0, 0.1) is 25.2 Å². The highest BCUT2D eigenvalue weighted by Crippen LogP contribution is 2.31. The molecule has 4 rings (SSSR count). The van der Waals surface area contributed by atoms with Gasteiger partial charge in [0.2, 0.25) is 5.78 Å². The monoisotopic (exact) mass is 402 g/mol. The Kier molecular flexibility index (Phi) is 5.44. The number of Topliss-reactive ketones (excluding diaryl/α,β-unsaturated/α-hetero) is 1. The summed E-state index contributed by atoms with van der Waals surface area (Å²) in [6, 6.07) is 18.3. The molecule has 1 atom stereocenters. The molecule has 0 unspecified atom stereocenters. The van der Waals surface area contributed by atoms with Crippen LogP contribution in [0.25, 0.3) is 0 Å². The van der Waals surface area contributed by atoms with Crippen molar-refractivity contribution in [3.05, 3.63) is 77.1 Å². The van der Waals surface area contributed by atoms with Gasteiger partial charge in [-0.05, 0) is 56.3 Å². The highest BCUT2D eigenvalue weighted by Gasteiger charge is 2.24. The van der Waals surface area contributed by atoms with Crippen LogP contribution >= 0.6 is 0 Å². The van der Waals surface area contributed by atoms with Crippen molar-refractivity contribution in [2.24, 2.45) is 0 Å². The number of carbonyl (C=O) groups is 1. The van der Waals surface area contributed by atoms with Crippen molar-refractivity contribution >= 4 is 5.78 Å². The van der Waals surface area contributed by atoms with E-state index in [1.54, 1.807) is 24.3 Å². The summed E-state index contributed by atoms with van der Waals surface area (Å²) in [6.07, 6.45) is -0.137. The normalized spacial score (nSPS) is 14.8. The Morgan fingerprint density at radius 3 is 2.63 bits per heavy atom. The number of fused-ring (bicyclic) bond motifs is 1. The van der Waals surface area contributed by atoms with Crippen molar-refractivity contribution in [2.45, 2.75) is 26.5 Å². The second-order valence-corrected chi connectivity index (χ2v) is 7.24. The van der Waals surface area contributed by atoms with Crippen LogP contribution in [0.5, 0.6) is 17.2 Å². The van der Waals surface area contributed by atoms with E-state index in [4.69, 9.17) is 19.5 Å². The van der Waals surface area contributed by atoms with E-state index < -0.39 is 0 Å². The van der Waals surface area contributed by atoms with Gasteiger partial charge < -0.3 is 18.8 Å². The Bertz CT molecular complexity index is 1110. The van der Waals surface area contributed by atoms with E-state index in [-0.39, 0.29) is 18.5 Å². The van der Waals surface area contributed by atoms with E-state index in [1.165, 1.54) is 0 Å². The molecule has 0 fully saturated rings. The number of nitriles is 1. The molecular formula is C24H22N2O4. The van der Waals surface area contributed by atoms with Gasteiger partial charge in [0.1, 0.15) is 12.4 Å². The molecule has 3 aromatic rings. The summed E-state index contributed by atoms with van der Waals surface area (Å²) in [5, 5.41) is 8.86. The smallest absolute Gasteiger partial charge is 0.202 e. The predicted octanol–water partition coefficient (Wildman–Crippen LogP) is 4.08. The minimum Gasteiger partial charge on any atom is -0.486 e. The van der Waals surface area contributed by atoms with Crippen molar-refractivity contribution in [1.29, 1.82) is 5.26 Å². The van der Waals surface area contributed by atoms with Gasteiger partial charge in [0.05, 0.1) is 18.2 Å². The van der Waals surface area contributed by atoms with E-state index in [9.17, 15) is 4.79 Å². The fourth-order valence-electron chi connectivity index (χ4n) is 3.57. The Balaban J connectivity index is 1.42. The third-order valence-corrected chi connectivity index (χ3v) is 5.18. The fourth-order valence-corrected chi connectivity index (χ4v) is 3.57. The minimum absolute atomic E-state index is 0.0629. The standard InChI is InChI=1S/C24H22N2O4/c1-16-11-21(22(27)15-28-19-9-7-18(12-25)8-10-19)17(2)26(16)13-20-14-29-23-5-3-4-6-24(23)30-20/h3-11,20H,13-15H2,1-2H3/t20-/m0/s1. The number of carbonyl (C=O) groups excluding carboxylic acids is 1. The summed E-state index contributed by atoms with van der Waals surface area (Å²) in [5.41, 5.74) is 3.05. The molecule has 0 bridgehead atoms. The van der Waals surface area contributed by atoms with E-state index in [0.717, 1.165) is 22.9 Å². The van der Waals surface area contributed by atoms with Gasteiger partial charge in [0.15, 0.2) is 24.2 Å².